The minimum absolute atomic E-state index is 0.105. The lowest BCUT2D eigenvalue weighted by atomic mass is 9.80. The Morgan fingerprint density at radius 2 is 1.97 bits per heavy atom. The Bertz CT molecular complexity index is 988. The molecule has 0 aromatic heterocycles. The largest absolute Gasteiger partial charge is 0.492 e. The van der Waals surface area contributed by atoms with Crippen molar-refractivity contribution in [2.45, 2.75) is 44.1 Å². The van der Waals surface area contributed by atoms with E-state index in [1.165, 1.54) is 16.7 Å². The van der Waals surface area contributed by atoms with E-state index >= 15 is 0 Å². The average Bonchev–Trinajstić information content (AvgIpc) is 3.53. The van der Waals surface area contributed by atoms with E-state index in [2.05, 4.69) is 34.3 Å². The van der Waals surface area contributed by atoms with Crippen LogP contribution < -0.4 is 14.8 Å². The van der Waals surface area contributed by atoms with Crippen LogP contribution in [0.1, 0.15) is 48.9 Å². The Morgan fingerprint density at radius 3 is 2.67 bits per heavy atom. The number of sulfonamides is 1. The van der Waals surface area contributed by atoms with Crippen molar-refractivity contribution in [2.75, 3.05) is 25.4 Å². The van der Waals surface area contributed by atoms with Gasteiger partial charge in [-0.15, -0.1) is 0 Å². The molecule has 0 saturated heterocycles. The summed E-state index contributed by atoms with van der Waals surface area (Å²) in [5.41, 5.74) is 4.08. The van der Waals surface area contributed by atoms with Crippen molar-refractivity contribution >= 4 is 21.6 Å². The molecule has 1 saturated carbocycles. The molecule has 1 atom stereocenters. The van der Waals surface area contributed by atoms with Gasteiger partial charge in [0.25, 0.3) is 0 Å². The first kappa shape index (κ1) is 21.6. The Labute approximate surface area is 184 Å². The van der Waals surface area contributed by atoms with E-state index in [1.54, 1.807) is 0 Å². The molecule has 0 bridgehead atoms. The van der Waals surface area contributed by atoms with E-state index in [-0.39, 0.29) is 23.8 Å². The highest BCUT2D eigenvalue weighted by Crippen LogP contribution is 2.57. The lowest BCUT2D eigenvalue weighted by molar-refractivity contribution is 0.320. The SMILES string of the molecule is CCCS(=O)(=O)NCCOc1ccc2c(c1)C(C1(c3ccc(Cl)cc3)CC1)NCC2. The predicted molar refractivity (Wildman–Crippen MR) is 121 cm³/mol. The number of benzene rings is 2. The number of rotatable bonds is 9. The van der Waals surface area contributed by atoms with Gasteiger partial charge in [-0.1, -0.05) is 36.7 Å². The van der Waals surface area contributed by atoms with Gasteiger partial charge in [-0.25, -0.2) is 13.1 Å². The molecule has 0 radical (unpaired) electrons. The molecule has 1 fully saturated rings. The monoisotopic (exact) mass is 448 g/mol. The highest BCUT2D eigenvalue weighted by Gasteiger charge is 2.52. The van der Waals surface area contributed by atoms with Crippen LogP contribution >= 0.6 is 11.6 Å². The molecule has 1 unspecified atom stereocenters. The summed E-state index contributed by atoms with van der Waals surface area (Å²) in [6, 6.07) is 14.8. The first-order valence-electron chi connectivity index (χ1n) is 10.7. The number of hydrogen-bond acceptors (Lipinski definition) is 4. The average molecular weight is 449 g/mol. The molecule has 2 aromatic rings. The predicted octanol–water partition coefficient (Wildman–Crippen LogP) is 3.97. The molecule has 7 heteroatoms. The number of hydrogen-bond donors (Lipinski definition) is 2. The Hall–Kier alpha value is -1.60. The molecule has 2 aromatic carbocycles. The van der Waals surface area contributed by atoms with E-state index in [1.807, 2.05) is 25.1 Å². The number of ether oxygens (including phenoxy) is 1. The summed E-state index contributed by atoms with van der Waals surface area (Å²) < 4.78 is 32.0. The molecule has 1 heterocycles. The summed E-state index contributed by atoms with van der Waals surface area (Å²) in [6.07, 6.45) is 3.90. The van der Waals surface area contributed by atoms with Crippen molar-refractivity contribution < 1.29 is 13.2 Å². The van der Waals surface area contributed by atoms with Crippen LogP contribution in [0.25, 0.3) is 0 Å². The van der Waals surface area contributed by atoms with Crippen molar-refractivity contribution in [1.82, 2.24) is 10.0 Å². The first-order valence-corrected chi connectivity index (χ1v) is 12.7. The van der Waals surface area contributed by atoms with Crippen LogP contribution in [0, 0.1) is 0 Å². The quantitative estimate of drug-likeness (QED) is 0.569. The molecule has 2 N–H and O–H groups in total. The smallest absolute Gasteiger partial charge is 0.211 e. The van der Waals surface area contributed by atoms with Crippen LogP contribution in [-0.2, 0) is 21.9 Å². The van der Waals surface area contributed by atoms with E-state index in [4.69, 9.17) is 16.3 Å². The number of nitrogens with one attached hydrogen (secondary N) is 2. The molecular weight excluding hydrogens is 420 g/mol. The molecule has 4 rings (SSSR count). The molecule has 1 aliphatic carbocycles. The highest BCUT2D eigenvalue weighted by molar-refractivity contribution is 7.89. The Morgan fingerprint density at radius 1 is 1.20 bits per heavy atom. The maximum Gasteiger partial charge on any atom is 0.211 e. The van der Waals surface area contributed by atoms with Crippen LogP contribution in [0.4, 0.5) is 0 Å². The minimum Gasteiger partial charge on any atom is -0.492 e. The van der Waals surface area contributed by atoms with Crippen LogP contribution in [0.5, 0.6) is 5.75 Å². The zero-order valence-corrected chi connectivity index (χ0v) is 18.9. The molecule has 162 valence electrons. The Kier molecular flexibility index (Phi) is 6.39. The lowest BCUT2D eigenvalue weighted by Crippen LogP contribution is -2.37. The van der Waals surface area contributed by atoms with Gasteiger partial charge in [-0.2, -0.15) is 0 Å². The van der Waals surface area contributed by atoms with E-state index < -0.39 is 10.0 Å². The number of fused-ring (bicyclic) bond motifs is 1. The van der Waals surface area contributed by atoms with Gasteiger partial charge in [-0.05, 0) is 73.2 Å². The molecule has 5 nitrogen and oxygen atoms in total. The van der Waals surface area contributed by atoms with Crippen molar-refractivity contribution in [3.05, 3.63) is 64.2 Å². The van der Waals surface area contributed by atoms with Crippen molar-refractivity contribution in [1.29, 1.82) is 0 Å². The van der Waals surface area contributed by atoms with Gasteiger partial charge in [0.2, 0.25) is 10.0 Å². The van der Waals surface area contributed by atoms with Gasteiger partial charge in [0.05, 0.1) is 5.75 Å². The Balaban J connectivity index is 1.48. The summed E-state index contributed by atoms with van der Waals surface area (Å²) in [7, 11) is -3.20. The second-order valence-electron chi connectivity index (χ2n) is 8.22. The molecule has 1 aliphatic heterocycles. The van der Waals surface area contributed by atoms with Crippen molar-refractivity contribution in [3.8, 4) is 5.75 Å². The van der Waals surface area contributed by atoms with Crippen LogP contribution in [0.3, 0.4) is 0 Å². The third-order valence-electron chi connectivity index (χ3n) is 6.10. The fourth-order valence-electron chi connectivity index (χ4n) is 4.48. The summed E-state index contributed by atoms with van der Waals surface area (Å²) in [5.74, 6) is 0.926. The summed E-state index contributed by atoms with van der Waals surface area (Å²) in [4.78, 5) is 0. The molecular formula is C23H29ClN2O3S. The third-order valence-corrected chi connectivity index (χ3v) is 7.94. The lowest BCUT2D eigenvalue weighted by Gasteiger charge is -2.34. The molecule has 0 amide bonds. The van der Waals surface area contributed by atoms with Crippen molar-refractivity contribution in [2.24, 2.45) is 0 Å². The zero-order chi connectivity index (χ0) is 21.2. The summed E-state index contributed by atoms with van der Waals surface area (Å²) in [5, 5.41) is 4.50. The van der Waals surface area contributed by atoms with Gasteiger partial charge in [-0.3, -0.25) is 0 Å². The third kappa shape index (κ3) is 4.67. The van der Waals surface area contributed by atoms with E-state index in [0.29, 0.717) is 13.0 Å². The van der Waals surface area contributed by atoms with Gasteiger partial charge in [0.1, 0.15) is 12.4 Å². The zero-order valence-electron chi connectivity index (χ0n) is 17.3. The maximum absolute atomic E-state index is 11.8. The first-order chi connectivity index (χ1) is 14.4. The van der Waals surface area contributed by atoms with Gasteiger partial charge in [0.15, 0.2) is 0 Å². The van der Waals surface area contributed by atoms with Gasteiger partial charge in [0, 0.05) is 23.0 Å². The van der Waals surface area contributed by atoms with Gasteiger partial charge < -0.3 is 10.1 Å². The van der Waals surface area contributed by atoms with Gasteiger partial charge >= 0.3 is 0 Å². The second-order valence-corrected chi connectivity index (χ2v) is 10.6. The molecule has 2 aliphatic rings. The summed E-state index contributed by atoms with van der Waals surface area (Å²) >= 11 is 6.10. The fourth-order valence-corrected chi connectivity index (χ4v) is 5.68. The number of halogens is 1. The summed E-state index contributed by atoms with van der Waals surface area (Å²) in [6.45, 7) is 3.40. The van der Waals surface area contributed by atoms with E-state index in [0.717, 1.165) is 36.6 Å². The fraction of sp³-hybridized carbons (Fsp3) is 0.478. The molecule has 0 spiro atoms. The normalized spacial score (nSPS) is 19.9. The van der Waals surface area contributed by atoms with Crippen LogP contribution in [0.2, 0.25) is 5.02 Å². The molecule has 30 heavy (non-hydrogen) atoms. The van der Waals surface area contributed by atoms with Crippen molar-refractivity contribution in [3.63, 3.8) is 0 Å². The second kappa shape index (κ2) is 8.87. The van der Waals surface area contributed by atoms with E-state index in [9.17, 15) is 8.42 Å². The van der Waals surface area contributed by atoms with Crippen LogP contribution in [0.15, 0.2) is 42.5 Å². The topological polar surface area (TPSA) is 67.4 Å². The highest BCUT2D eigenvalue weighted by atomic mass is 35.5. The minimum atomic E-state index is -3.20. The standard InChI is InChI=1S/C23H29ClN2O3S/c1-2-15-30(27,28)26-13-14-29-20-8-3-17-9-12-25-22(21(17)16-20)23(10-11-23)18-4-6-19(24)7-5-18/h3-8,16,22,25-26H,2,9-15H2,1H3. The van der Waals surface area contributed by atoms with Crippen LogP contribution in [-0.4, -0.2) is 33.9 Å². The maximum atomic E-state index is 11.8.